The Kier molecular flexibility index (Phi) is 3.88. The zero-order valence-electron chi connectivity index (χ0n) is 11.6. The number of benzene rings is 1. The van der Waals surface area contributed by atoms with Gasteiger partial charge in [-0.2, -0.15) is 4.98 Å². The maximum Gasteiger partial charge on any atom is 0.258 e. The highest BCUT2D eigenvalue weighted by Crippen LogP contribution is 2.39. The summed E-state index contributed by atoms with van der Waals surface area (Å²) in [6.45, 7) is 1.95. The molecule has 6 heteroatoms. The Labute approximate surface area is 126 Å². The summed E-state index contributed by atoms with van der Waals surface area (Å²) >= 11 is 1.65. The SMILES string of the molecule is CCCc1c(O)nc(C2CSc3ccccc3O2)[nH]c1=O. The van der Waals surface area contributed by atoms with E-state index < -0.39 is 0 Å². The zero-order chi connectivity index (χ0) is 14.8. The molecule has 0 saturated heterocycles. The number of H-pyrrole nitrogens is 1. The fraction of sp³-hybridized carbons (Fsp3) is 0.333. The number of hydrogen-bond acceptors (Lipinski definition) is 5. The number of aromatic hydroxyl groups is 1. The summed E-state index contributed by atoms with van der Waals surface area (Å²) in [5, 5.41) is 9.94. The van der Waals surface area contributed by atoms with Gasteiger partial charge in [0.15, 0.2) is 11.9 Å². The molecule has 1 unspecified atom stereocenters. The van der Waals surface area contributed by atoms with Gasteiger partial charge in [0.25, 0.3) is 5.56 Å². The Morgan fingerprint density at radius 1 is 1.48 bits per heavy atom. The lowest BCUT2D eigenvalue weighted by molar-refractivity contribution is 0.208. The summed E-state index contributed by atoms with van der Waals surface area (Å²) in [4.78, 5) is 19.9. The van der Waals surface area contributed by atoms with Gasteiger partial charge in [-0.25, -0.2) is 0 Å². The number of nitrogens with zero attached hydrogens (tertiary/aromatic N) is 1. The van der Waals surface area contributed by atoms with Crippen LogP contribution in [0.4, 0.5) is 0 Å². The quantitative estimate of drug-likeness (QED) is 0.912. The van der Waals surface area contributed by atoms with Crippen molar-refractivity contribution in [1.29, 1.82) is 0 Å². The van der Waals surface area contributed by atoms with Gasteiger partial charge in [0, 0.05) is 10.6 Å². The molecular weight excluding hydrogens is 288 g/mol. The minimum Gasteiger partial charge on any atom is -0.493 e. The molecule has 1 aliphatic rings. The van der Waals surface area contributed by atoms with E-state index in [2.05, 4.69) is 9.97 Å². The van der Waals surface area contributed by atoms with Crippen LogP contribution >= 0.6 is 11.8 Å². The first-order valence-electron chi connectivity index (χ1n) is 6.89. The molecule has 1 aromatic heterocycles. The Hall–Kier alpha value is -1.95. The highest BCUT2D eigenvalue weighted by Gasteiger charge is 2.25. The number of ether oxygens (including phenoxy) is 1. The number of aromatic nitrogens is 2. The first kappa shape index (κ1) is 14.0. The minimum atomic E-state index is -0.362. The summed E-state index contributed by atoms with van der Waals surface area (Å²) < 4.78 is 5.86. The van der Waals surface area contributed by atoms with E-state index in [1.807, 2.05) is 31.2 Å². The molecule has 0 aliphatic carbocycles. The van der Waals surface area contributed by atoms with Crippen molar-refractivity contribution in [3.63, 3.8) is 0 Å². The minimum absolute atomic E-state index is 0.192. The zero-order valence-corrected chi connectivity index (χ0v) is 12.4. The lowest BCUT2D eigenvalue weighted by Gasteiger charge is -2.24. The van der Waals surface area contributed by atoms with Gasteiger partial charge in [-0.15, -0.1) is 11.8 Å². The van der Waals surface area contributed by atoms with E-state index >= 15 is 0 Å². The van der Waals surface area contributed by atoms with Crippen molar-refractivity contribution in [3.8, 4) is 11.6 Å². The molecule has 0 spiro atoms. The van der Waals surface area contributed by atoms with Crippen LogP contribution in [0.5, 0.6) is 11.6 Å². The van der Waals surface area contributed by atoms with Crippen molar-refractivity contribution in [2.75, 3.05) is 5.75 Å². The third-order valence-corrected chi connectivity index (χ3v) is 4.44. The van der Waals surface area contributed by atoms with Crippen molar-refractivity contribution in [2.24, 2.45) is 0 Å². The highest BCUT2D eigenvalue weighted by molar-refractivity contribution is 7.99. The van der Waals surface area contributed by atoms with Crippen LogP contribution in [0.3, 0.4) is 0 Å². The first-order valence-corrected chi connectivity index (χ1v) is 7.88. The highest BCUT2D eigenvalue weighted by atomic mass is 32.2. The van der Waals surface area contributed by atoms with Crippen molar-refractivity contribution in [1.82, 2.24) is 9.97 Å². The predicted molar refractivity (Wildman–Crippen MR) is 81.1 cm³/mol. The molecular formula is C15H16N2O3S. The summed E-state index contributed by atoms with van der Waals surface area (Å²) in [5.74, 6) is 1.60. The number of hydrogen-bond donors (Lipinski definition) is 2. The average Bonchev–Trinajstić information content (AvgIpc) is 2.50. The lowest BCUT2D eigenvalue weighted by Crippen LogP contribution is -2.23. The summed E-state index contributed by atoms with van der Waals surface area (Å²) in [6.07, 6.45) is 0.928. The van der Waals surface area contributed by atoms with Gasteiger partial charge >= 0.3 is 0 Å². The van der Waals surface area contributed by atoms with Crippen molar-refractivity contribution >= 4 is 11.8 Å². The summed E-state index contributed by atoms with van der Waals surface area (Å²) in [6, 6.07) is 7.74. The molecule has 1 aromatic carbocycles. The number of rotatable bonds is 3. The van der Waals surface area contributed by atoms with Gasteiger partial charge in [0.05, 0.1) is 5.56 Å². The van der Waals surface area contributed by atoms with E-state index in [-0.39, 0.29) is 17.5 Å². The van der Waals surface area contributed by atoms with Gasteiger partial charge in [0.1, 0.15) is 5.75 Å². The normalized spacial score (nSPS) is 17.1. The largest absolute Gasteiger partial charge is 0.493 e. The van der Waals surface area contributed by atoms with Crippen LogP contribution in [0.1, 0.15) is 30.8 Å². The monoisotopic (exact) mass is 304 g/mol. The molecule has 0 fully saturated rings. The number of thioether (sulfide) groups is 1. The first-order chi connectivity index (χ1) is 10.2. The van der Waals surface area contributed by atoms with Gasteiger partial charge in [-0.1, -0.05) is 25.5 Å². The number of fused-ring (bicyclic) bond motifs is 1. The van der Waals surface area contributed by atoms with Crippen LogP contribution in [-0.4, -0.2) is 20.8 Å². The molecule has 2 heterocycles. The lowest BCUT2D eigenvalue weighted by atomic mass is 10.2. The van der Waals surface area contributed by atoms with Gasteiger partial charge in [-0.3, -0.25) is 4.79 Å². The Balaban J connectivity index is 1.91. The Bertz CT molecular complexity index is 714. The number of para-hydroxylation sites is 1. The topological polar surface area (TPSA) is 75.2 Å². The van der Waals surface area contributed by atoms with E-state index in [1.165, 1.54) is 0 Å². The van der Waals surface area contributed by atoms with Gasteiger partial charge in [-0.05, 0) is 18.6 Å². The number of nitrogens with one attached hydrogen (secondary N) is 1. The van der Waals surface area contributed by atoms with Crippen LogP contribution in [-0.2, 0) is 6.42 Å². The second-order valence-corrected chi connectivity index (χ2v) is 5.93. The fourth-order valence-electron chi connectivity index (χ4n) is 2.28. The fourth-order valence-corrected chi connectivity index (χ4v) is 3.27. The van der Waals surface area contributed by atoms with Gasteiger partial charge < -0.3 is 14.8 Å². The maximum absolute atomic E-state index is 12.0. The van der Waals surface area contributed by atoms with Crippen LogP contribution in [0, 0.1) is 0 Å². The second kappa shape index (κ2) is 5.81. The molecule has 21 heavy (non-hydrogen) atoms. The third-order valence-electron chi connectivity index (χ3n) is 3.33. The van der Waals surface area contributed by atoms with E-state index in [1.54, 1.807) is 11.8 Å². The molecule has 5 nitrogen and oxygen atoms in total. The van der Waals surface area contributed by atoms with Gasteiger partial charge in [0.2, 0.25) is 5.88 Å². The standard InChI is InChI=1S/C15H16N2O3S/c1-2-5-9-14(18)16-13(17-15(9)19)11-8-21-12-7-4-3-6-10(12)20-11/h3-4,6-7,11H,2,5,8H2,1H3,(H2,16,17,18,19). The van der Waals surface area contributed by atoms with E-state index in [0.29, 0.717) is 23.6 Å². The summed E-state index contributed by atoms with van der Waals surface area (Å²) in [5.41, 5.74) is 0.0527. The van der Waals surface area contributed by atoms with E-state index in [9.17, 15) is 9.90 Å². The second-order valence-electron chi connectivity index (χ2n) is 4.87. The van der Waals surface area contributed by atoms with E-state index in [0.717, 1.165) is 17.1 Å². The maximum atomic E-state index is 12.0. The molecule has 1 aliphatic heterocycles. The smallest absolute Gasteiger partial charge is 0.258 e. The van der Waals surface area contributed by atoms with Crippen LogP contribution in [0.2, 0.25) is 0 Å². The third kappa shape index (κ3) is 2.76. The van der Waals surface area contributed by atoms with Crippen LogP contribution < -0.4 is 10.3 Å². The van der Waals surface area contributed by atoms with Crippen molar-refractivity contribution in [2.45, 2.75) is 30.8 Å². The van der Waals surface area contributed by atoms with Crippen LogP contribution in [0.15, 0.2) is 34.0 Å². The molecule has 2 aromatic rings. The van der Waals surface area contributed by atoms with Crippen molar-refractivity contribution in [3.05, 3.63) is 46.0 Å². The van der Waals surface area contributed by atoms with E-state index in [4.69, 9.17) is 4.74 Å². The number of aromatic amines is 1. The molecule has 1 atom stereocenters. The Morgan fingerprint density at radius 3 is 3.05 bits per heavy atom. The molecule has 0 saturated carbocycles. The Morgan fingerprint density at radius 2 is 2.29 bits per heavy atom. The molecule has 0 bridgehead atoms. The molecule has 0 radical (unpaired) electrons. The summed E-state index contributed by atoms with van der Waals surface area (Å²) in [7, 11) is 0. The molecule has 0 amide bonds. The molecule has 3 rings (SSSR count). The predicted octanol–water partition coefficient (Wildman–Crippen LogP) is 2.65. The van der Waals surface area contributed by atoms with Crippen LogP contribution in [0.25, 0.3) is 0 Å². The molecule has 2 N–H and O–H groups in total. The van der Waals surface area contributed by atoms with Crippen molar-refractivity contribution < 1.29 is 9.84 Å². The molecule has 110 valence electrons. The average molecular weight is 304 g/mol.